The van der Waals surface area contributed by atoms with Crippen LogP contribution in [0.4, 0.5) is 0 Å². The Hall–Kier alpha value is -2.22. The number of nitrogens with two attached hydrogens (primary N) is 1. The summed E-state index contributed by atoms with van der Waals surface area (Å²) in [7, 11) is 0. The number of imidazole rings is 1. The number of hydrogen-bond donors (Lipinski definition) is 3. The average Bonchev–Trinajstić information content (AvgIpc) is 3.16. The van der Waals surface area contributed by atoms with E-state index < -0.39 is 0 Å². The van der Waals surface area contributed by atoms with Gasteiger partial charge in [-0.05, 0) is 12.8 Å². The first kappa shape index (κ1) is 16.2. The smallest absolute Gasteiger partial charge is 0.227 e. The molecule has 0 fully saturated rings. The Bertz CT molecular complexity index is 593. The zero-order valence-corrected chi connectivity index (χ0v) is 13.3. The summed E-state index contributed by atoms with van der Waals surface area (Å²) >= 11 is 1.55. The van der Waals surface area contributed by atoms with E-state index in [1.807, 2.05) is 12.3 Å². The maximum Gasteiger partial charge on any atom is 0.227 e. The first-order valence-electron chi connectivity index (χ1n) is 7.11. The Morgan fingerprint density at radius 2 is 2.45 bits per heavy atom. The molecule has 1 amide bonds. The Kier molecular flexibility index (Phi) is 6.08. The third kappa shape index (κ3) is 5.28. The second kappa shape index (κ2) is 8.28. The number of aromatic nitrogens is 3. The fourth-order valence-electron chi connectivity index (χ4n) is 1.97. The van der Waals surface area contributed by atoms with E-state index in [-0.39, 0.29) is 17.8 Å². The van der Waals surface area contributed by atoms with Gasteiger partial charge in [0.2, 0.25) is 5.91 Å². The van der Waals surface area contributed by atoms with Crippen molar-refractivity contribution in [3.05, 3.63) is 34.8 Å². The summed E-state index contributed by atoms with van der Waals surface area (Å²) in [5, 5.41) is 5.46. The molecule has 4 N–H and O–H groups in total. The number of nitrogens with zero attached hydrogens (tertiary/aromatic N) is 3. The van der Waals surface area contributed by atoms with Crippen molar-refractivity contribution in [1.82, 2.24) is 20.3 Å². The number of hydrogen-bond acceptors (Lipinski definition) is 5. The lowest BCUT2D eigenvalue weighted by molar-refractivity contribution is -0.120. The first-order valence-corrected chi connectivity index (χ1v) is 7.99. The number of guanidine groups is 1. The van der Waals surface area contributed by atoms with Crippen LogP contribution in [0.5, 0.6) is 0 Å². The Labute approximate surface area is 133 Å². The number of aromatic amines is 1. The summed E-state index contributed by atoms with van der Waals surface area (Å²) in [6.07, 6.45) is 7.22. The van der Waals surface area contributed by atoms with Gasteiger partial charge in [0.25, 0.3) is 0 Å². The van der Waals surface area contributed by atoms with Gasteiger partial charge in [-0.2, -0.15) is 0 Å². The molecule has 0 aliphatic rings. The molecule has 0 spiro atoms. The van der Waals surface area contributed by atoms with Crippen LogP contribution in [0.15, 0.2) is 29.1 Å². The molecule has 0 bridgehead atoms. The second-order valence-electron chi connectivity index (χ2n) is 4.97. The molecule has 1 unspecified atom stereocenters. The van der Waals surface area contributed by atoms with Crippen molar-refractivity contribution in [3.8, 4) is 0 Å². The van der Waals surface area contributed by atoms with E-state index in [2.05, 4.69) is 25.3 Å². The lowest BCUT2D eigenvalue weighted by atomic mass is 10.1. The van der Waals surface area contributed by atoms with Gasteiger partial charge in [-0.15, -0.1) is 11.3 Å². The summed E-state index contributed by atoms with van der Waals surface area (Å²) in [5.74, 6) is 0.103. The standard InChI is InChI=1S/C14H20N6OS/c1-10(13-17-5-6-22-13)7-12(21)20-14(15)18-4-2-3-11-8-16-9-19-11/h5-6,8-10H,2-4,7H2,1H3,(H,16,19)(H3,15,18,20,21). The van der Waals surface area contributed by atoms with Crippen LogP contribution in [0.1, 0.15) is 36.4 Å². The van der Waals surface area contributed by atoms with Gasteiger partial charge >= 0.3 is 0 Å². The minimum atomic E-state index is -0.141. The largest absolute Gasteiger partial charge is 0.370 e. The summed E-state index contributed by atoms with van der Waals surface area (Å²) in [6, 6.07) is 0. The summed E-state index contributed by atoms with van der Waals surface area (Å²) in [5.41, 5.74) is 6.78. The minimum absolute atomic E-state index is 0.0770. The average molecular weight is 320 g/mol. The van der Waals surface area contributed by atoms with Crippen LogP contribution in [0, 0.1) is 0 Å². The van der Waals surface area contributed by atoms with E-state index >= 15 is 0 Å². The van der Waals surface area contributed by atoms with E-state index in [0.717, 1.165) is 23.5 Å². The predicted molar refractivity (Wildman–Crippen MR) is 86.7 cm³/mol. The molecule has 0 aliphatic carbocycles. The normalized spacial score (nSPS) is 13.0. The first-order chi connectivity index (χ1) is 10.6. The molecular formula is C14H20N6OS. The molecule has 0 saturated heterocycles. The van der Waals surface area contributed by atoms with Crippen molar-refractivity contribution in [2.75, 3.05) is 6.54 Å². The fraction of sp³-hybridized carbons (Fsp3) is 0.429. The molecule has 2 rings (SSSR count). The Morgan fingerprint density at radius 3 is 3.14 bits per heavy atom. The molecule has 8 heteroatoms. The van der Waals surface area contributed by atoms with Crippen LogP contribution in [-0.2, 0) is 11.2 Å². The van der Waals surface area contributed by atoms with Crippen LogP contribution >= 0.6 is 11.3 Å². The minimum Gasteiger partial charge on any atom is -0.370 e. The lowest BCUT2D eigenvalue weighted by Crippen LogP contribution is -2.37. The van der Waals surface area contributed by atoms with Crippen LogP contribution in [0.25, 0.3) is 0 Å². The van der Waals surface area contributed by atoms with Crippen molar-refractivity contribution in [3.63, 3.8) is 0 Å². The molecule has 118 valence electrons. The van der Waals surface area contributed by atoms with Gasteiger partial charge in [-0.3, -0.25) is 15.1 Å². The van der Waals surface area contributed by atoms with E-state index in [0.29, 0.717) is 13.0 Å². The van der Waals surface area contributed by atoms with Crippen molar-refractivity contribution < 1.29 is 4.79 Å². The van der Waals surface area contributed by atoms with Gasteiger partial charge in [0.15, 0.2) is 5.96 Å². The van der Waals surface area contributed by atoms with Crippen molar-refractivity contribution in [2.45, 2.75) is 32.1 Å². The van der Waals surface area contributed by atoms with E-state index in [9.17, 15) is 4.79 Å². The van der Waals surface area contributed by atoms with Gasteiger partial charge in [0, 0.05) is 42.4 Å². The van der Waals surface area contributed by atoms with Gasteiger partial charge in [-0.25, -0.2) is 9.97 Å². The SMILES string of the molecule is CC(CC(=O)NC(N)=NCCCc1cnc[nH]1)c1nccs1. The fourth-order valence-corrected chi connectivity index (χ4v) is 2.67. The highest BCUT2D eigenvalue weighted by Crippen LogP contribution is 2.20. The van der Waals surface area contributed by atoms with Crippen LogP contribution < -0.4 is 11.1 Å². The number of thiazole rings is 1. The van der Waals surface area contributed by atoms with Gasteiger partial charge < -0.3 is 10.7 Å². The zero-order valence-electron chi connectivity index (χ0n) is 12.5. The molecule has 1 atom stereocenters. The molecule has 22 heavy (non-hydrogen) atoms. The summed E-state index contributed by atoms with van der Waals surface area (Å²) < 4.78 is 0. The second-order valence-corrected chi connectivity index (χ2v) is 5.90. The van der Waals surface area contributed by atoms with Gasteiger partial charge in [-0.1, -0.05) is 6.92 Å². The summed E-state index contributed by atoms with van der Waals surface area (Å²) in [6.45, 7) is 2.53. The molecular weight excluding hydrogens is 300 g/mol. The van der Waals surface area contributed by atoms with Crippen molar-refractivity contribution >= 4 is 23.2 Å². The maximum atomic E-state index is 11.9. The highest BCUT2D eigenvalue weighted by molar-refractivity contribution is 7.09. The summed E-state index contributed by atoms with van der Waals surface area (Å²) in [4.78, 5) is 27.2. The monoisotopic (exact) mass is 320 g/mol. The molecule has 2 aromatic heterocycles. The number of aryl methyl sites for hydroxylation is 1. The number of carbonyl (C=O) groups is 1. The molecule has 2 heterocycles. The van der Waals surface area contributed by atoms with Gasteiger partial charge in [0.05, 0.1) is 11.3 Å². The number of nitrogens with one attached hydrogen (secondary N) is 2. The van der Waals surface area contributed by atoms with Crippen molar-refractivity contribution in [1.29, 1.82) is 0 Å². The molecule has 7 nitrogen and oxygen atoms in total. The number of carbonyl (C=O) groups excluding carboxylic acids is 1. The van der Waals surface area contributed by atoms with E-state index in [4.69, 9.17) is 5.73 Å². The van der Waals surface area contributed by atoms with Crippen molar-refractivity contribution in [2.24, 2.45) is 10.7 Å². The Morgan fingerprint density at radius 1 is 1.59 bits per heavy atom. The number of H-pyrrole nitrogens is 1. The van der Waals surface area contributed by atoms with Crippen LogP contribution in [0.2, 0.25) is 0 Å². The maximum absolute atomic E-state index is 11.9. The van der Waals surface area contributed by atoms with Gasteiger partial charge in [0.1, 0.15) is 0 Å². The zero-order chi connectivity index (χ0) is 15.8. The third-order valence-electron chi connectivity index (χ3n) is 3.07. The van der Waals surface area contributed by atoms with E-state index in [1.165, 1.54) is 0 Å². The predicted octanol–water partition coefficient (Wildman–Crippen LogP) is 1.42. The molecule has 0 saturated carbocycles. The highest BCUT2D eigenvalue weighted by atomic mass is 32.1. The van der Waals surface area contributed by atoms with Crippen LogP contribution in [-0.4, -0.2) is 33.4 Å². The topological polar surface area (TPSA) is 109 Å². The molecule has 0 aromatic carbocycles. The third-order valence-corrected chi connectivity index (χ3v) is 4.08. The quantitative estimate of drug-likeness (QED) is 0.407. The highest BCUT2D eigenvalue weighted by Gasteiger charge is 2.13. The van der Waals surface area contributed by atoms with E-state index in [1.54, 1.807) is 30.1 Å². The molecule has 2 aromatic rings. The van der Waals surface area contributed by atoms with Crippen LogP contribution in [0.3, 0.4) is 0 Å². The number of aliphatic imine (C=N–C) groups is 1. The molecule has 0 radical (unpaired) electrons. The number of rotatable bonds is 7. The molecule has 0 aliphatic heterocycles. The number of amides is 1. The lowest BCUT2D eigenvalue weighted by Gasteiger charge is -2.08. The Balaban J connectivity index is 1.67.